The lowest BCUT2D eigenvalue weighted by atomic mass is 10.1. The fourth-order valence-electron chi connectivity index (χ4n) is 2.93. The van der Waals surface area contributed by atoms with Crippen LogP contribution in [-0.2, 0) is 11.2 Å². The van der Waals surface area contributed by atoms with Crippen LogP contribution in [0.15, 0.2) is 77.4 Å². The lowest BCUT2D eigenvalue weighted by molar-refractivity contribution is -0.115. The molecule has 0 aliphatic carbocycles. The molecular weight excluding hydrogens is 366 g/mol. The maximum absolute atomic E-state index is 12.6. The molecule has 1 atom stereocenters. The van der Waals surface area contributed by atoms with E-state index in [1.165, 1.54) is 0 Å². The van der Waals surface area contributed by atoms with Crippen molar-refractivity contribution in [3.05, 3.63) is 89.9 Å². The maximum atomic E-state index is 12.6. The molecule has 2 amide bonds. The largest absolute Gasteiger partial charge is 0.468 e. The van der Waals surface area contributed by atoms with E-state index < -0.39 is 0 Å². The quantitative estimate of drug-likeness (QED) is 0.521. The van der Waals surface area contributed by atoms with Gasteiger partial charge in [-0.3, -0.25) is 14.9 Å². The van der Waals surface area contributed by atoms with E-state index in [1.807, 2.05) is 43.3 Å². The summed E-state index contributed by atoms with van der Waals surface area (Å²) in [6, 6.07) is 20.5. The van der Waals surface area contributed by atoms with Crippen molar-refractivity contribution in [1.29, 1.82) is 0 Å². The first-order chi connectivity index (χ1) is 14.1. The Morgan fingerprint density at radius 2 is 1.72 bits per heavy atom. The highest BCUT2D eigenvalue weighted by Crippen LogP contribution is 2.15. The Morgan fingerprint density at radius 1 is 0.966 bits per heavy atom. The van der Waals surface area contributed by atoms with Gasteiger partial charge in [0.25, 0.3) is 5.91 Å². The molecular formula is C23H25N3O3. The van der Waals surface area contributed by atoms with Crippen molar-refractivity contribution >= 4 is 17.5 Å². The van der Waals surface area contributed by atoms with Crippen molar-refractivity contribution in [2.24, 2.45) is 0 Å². The number of rotatable bonds is 9. The topological polar surface area (TPSA) is 83.4 Å². The van der Waals surface area contributed by atoms with E-state index in [0.717, 1.165) is 17.7 Å². The summed E-state index contributed by atoms with van der Waals surface area (Å²) in [5.41, 5.74) is 2.08. The lowest BCUT2D eigenvalue weighted by Crippen LogP contribution is -2.31. The Bertz CT molecular complexity index is 924. The third-order valence-corrected chi connectivity index (χ3v) is 4.53. The number of nitrogens with one attached hydrogen (secondary N) is 3. The Kier molecular flexibility index (Phi) is 7.19. The number of hydrogen-bond acceptors (Lipinski definition) is 4. The van der Waals surface area contributed by atoms with Gasteiger partial charge in [0.2, 0.25) is 5.91 Å². The van der Waals surface area contributed by atoms with Crippen molar-refractivity contribution in [2.45, 2.75) is 19.4 Å². The Labute approximate surface area is 170 Å². The van der Waals surface area contributed by atoms with Crippen molar-refractivity contribution in [2.75, 3.05) is 18.4 Å². The van der Waals surface area contributed by atoms with Gasteiger partial charge in [-0.25, -0.2) is 0 Å². The molecule has 1 heterocycles. The molecule has 6 heteroatoms. The zero-order chi connectivity index (χ0) is 20.5. The number of hydrogen-bond donors (Lipinski definition) is 3. The van der Waals surface area contributed by atoms with E-state index in [4.69, 9.17) is 4.42 Å². The summed E-state index contributed by atoms with van der Waals surface area (Å²) in [6.45, 7) is 2.54. The van der Waals surface area contributed by atoms with E-state index in [0.29, 0.717) is 17.8 Å². The van der Waals surface area contributed by atoms with Gasteiger partial charge in [0.15, 0.2) is 0 Å². The van der Waals surface area contributed by atoms with Crippen LogP contribution >= 0.6 is 0 Å². The van der Waals surface area contributed by atoms with E-state index in [-0.39, 0.29) is 24.4 Å². The van der Waals surface area contributed by atoms with Crippen LogP contribution in [0, 0.1) is 0 Å². The van der Waals surface area contributed by atoms with Crippen LogP contribution in [0.1, 0.15) is 34.6 Å². The molecule has 0 aliphatic rings. The average Bonchev–Trinajstić information content (AvgIpc) is 3.28. The maximum Gasteiger partial charge on any atom is 0.253 e. The van der Waals surface area contributed by atoms with Crippen LogP contribution in [-0.4, -0.2) is 24.9 Å². The average molecular weight is 391 g/mol. The predicted molar refractivity (Wildman–Crippen MR) is 113 cm³/mol. The van der Waals surface area contributed by atoms with E-state index in [2.05, 4.69) is 16.0 Å². The van der Waals surface area contributed by atoms with Crippen molar-refractivity contribution in [1.82, 2.24) is 10.6 Å². The van der Waals surface area contributed by atoms with Gasteiger partial charge in [-0.1, -0.05) is 42.5 Å². The Morgan fingerprint density at radius 3 is 2.48 bits per heavy atom. The van der Waals surface area contributed by atoms with Crippen molar-refractivity contribution in [3.63, 3.8) is 0 Å². The van der Waals surface area contributed by atoms with Gasteiger partial charge in [0, 0.05) is 6.54 Å². The molecule has 0 radical (unpaired) electrons. The Balaban J connectivity index is 1.52. The highest BCUT2D eigenvalue weighted by molar-refractivity contribution is 6.04. The lowest BCUT2D eigenvalue weighted by Gasteiger charge is -2.14. The number of para-hydroxylation sites is 1. The molecule has 0 spiro atoms. The molecule has 0 bridgehead atoms. The molecule has 0 saturated carbocycles. The molecule has 0 saturated heterocycles. The number of carbonyl (C=O) groups is 2. The minimum atomic E-state index is -0.229. The van der Waals surface area contributed by atoms with Gasteiger partial charge in [-0.05, 0) is 43.2 Å². The van der Waals surface area contributed by atoms with E-state index >= 15 is 0 Å². The molecule has 0 unspecified atom stereocenters. The SMILES string of the molecule is C[C@@H](NCC(=O)Nc1ccccc1C(=O)NCCc1ccccc1)c1ccco1. The second-order valence-corrected chi connectivity index (χ2v) is 6.70. The Hall–Kier alpha value is -3.38. The first-order valence-corrected chi connectivity index (χ1v) is 9.61. The fraction of sp³-hybridized carbons (Fsp3) is 0.217. The van der Waals surface area contributed by atoms with Gasteiger partial charge in [0.05, 0.1) is 30.1 Å². The van der Waals surface area contributed by atoms with Gasteiger partial charge < -0.3 is 15.1 Å². The second kappa shape index (κ2) is 10.2. The zero-order valence-electron chi connectivity index (χ0n) is 16.4. The summed E-state index contributed by atoms with van der Waals surface area (Å²) in [5.74, 6) is 0.317. The molecule has 0 fully saturated rings. The standard InChI is InChI=1S/C23H25N3O3/c1-17(21-12-7-15-29-21)25-16-22(27)26-20-11-6-5-10-19(20)23(28)24-14-13-18-8-3-2-4-9-18/h2-12,15,17,25H,13-14,16H2,1H3,(H,24,28)(H,26,27)/t17-/m1/s1. The monoisotopic (exact) mass is 391 g/mol. The fourth-order valence-corrected chi connectivity index (χ4v) is 2.93. The third-order valence-electron chi connectivity index (χ3n) is 4.53. The molecule has 29 heavy (non-hydrogen) atoms. The van der Waals surface area contributed by atoms with Crippen LogP contribution in [0.25, 0.3) is 0 Å². The second-order valence-electron chi connectivity index (χ2n) is 6.70. The number of carbonyl (C=O) groups excluding carboxylic acids is 2. The molecule has 150 valence electrons. The molecule has 1 aromatic heterocycles. The molecule has 6 nitrogen and oxygen atoms in total. The predicted octanol–water partition coefficient (Wildman–Crippen LogP) is 3.54. The number of anilines is 1. The normalized spacial score (nSPS) is 11.6. The molecule has 0 aliphatic heterocycles. The molecule has 3 N–H and O–H groups in total. The smallest absolute Gasteiger partial charge is 0.253 e. The van der Waals surface area contributed by atoms with Crippen LogP contribution in [0.2, 0.25) is 0 Å². The van der Waals surface area contributed by atoms with Crippen LogP contribution in [0.4, 0.5) is 5.69 Å². The summed E-state index contributed by atoms with van der Waals surface area (Å²) in [5, 5.41) is 8.82. The minimum absolute atomic E-state index is 0.0905. The summed E-state index contributed by atoms with van der Waals surface area (Å²) in [7, 11) is 0. The summed E-state index contributed by atoms with van der Waals surface area (Å²) < 4.78 is 5.32. The molecule has 3 aromatic rings. The van der Waals surface area contributed by atoms with Gasteiger partial charge in [-0.2, -0.15) is 0 Å². The van der Waals surface area contributed by atoms with Crippen LogP contribution in [0.5, 0.6) is 0 Å². The number of furan rings is 1. The first-order valence-electron chi connectivity index (χ1n) is 9.61. The van der Waals surface area contributed by atoms with Gasteiger partial charge in [-0.15, -0.1) is 0 Å². The highest BCUT2D eigenvalue weighted by atomic mass is 16.3. The van der Waals surface area contributed by atoms with Crippen LogP contribution in [0.3, 0.4) is 0 Å². The first kappa shape index (κ1) is 20.4. The summed E-state index contributed by atoms with van der Waals surface area (Å²) in [6.07, 6.45) is 2.34. The third kappa shape index (κ3) is 6.05. The number of amides is 2. The van der Waals surface area contributed by atoms with Crippen molar-refractivity contribution < 1.29 is 14.0 Å². The zero-order valence-corrected chi connectivity index (χ0v) is 16.4. The van der Waals surface area contributed by atoms with Gasteiger partial charge in [0.1, 0.15) is 5.76 Å². The van der Waals surface area contributed by atoms with Crippen molar-refractivity contribution in [3.8, 4) is 0 Å². The molecule has 2 aromatic carbocycles. The summed E-state index contributed by atoms with van der Waals surface area (Å²) >= 11 is 0. The minimum Gasteiger partial charge on any atom is -0.468 e. The molecule has 3 rings (SSSR count). The van der Waals surface area contributed by atoms with Gasteiger partial charge >= 0.3 is 0 Å². The number of benzene rings is 2. The summed E-state index contributed by atoms with van der Waals surface area (Å²) in [4.78, 5) is 24.9. The van der Waals surface area contributed by atoms with E-state index in [9.17, 15) is 9.59 Å². The highest BCUT2D eigenvalue weighted by Gasteiger charge is 2.14. The van der Waals surface area contributed by atoms with Crippen LogP contribution < -0.4 is 16.0 Å². The van der Waals surface area contributed by atoms with E-state index in [1.54, 1.807) is 36.6 Å².